The molecule has 1 aromatic carbocycles. The van der Waals surface area contributed by atoms with Crippen LogP contribution in [0.5, 0.6) is 0 Å². The quantitative estimate of drug-likeness (QED) is 0.791. The molecule has 1 amide bonds. The van der Waals surface area contributed by atoms with Gasteiger partial charge in [0.2, 0.25) is 11.1 Å². The molecule has 1 aromatic heterocycles. The summed E-state index contributed by atoms with van der Waals surface area (Å²) >= 11 is 1.26. The molecule has 23 heavy (non-hydrogen) atoms. The number of hydrogen-bond donors (Lipinski definition) is 2. The Morgan fingerprint density at radius 1 is 1.43 bits per heavy atom. The molecule has 1 aliphatic rings. The SMILES string of the molecule is O=C(CSc1n[nH]c([C@H]2CCCO2)n1)NCc1ccc(F)cc1. The first-order valence-corrected chi connectivity index (χ1v) is 8.37. The predicted octanol–water partition coefficient (Wildman–Crippen LogP) is 2.20. The van der Waals surface area contributed by atoms with Gasteiger partial charge in [0.05, 0.1) is 5.75 Å². The van der Waals surface area contributed by atoms with Crippen molar-refractivity contribution >= 4 is 17.7 Å². The summed E-state index contributed by atoms with van der Waals surface area (Å²) in [7, 11) is 0. The van der Waals surface area contributed by atoms with E-state index in [1.54, 1.807) is 12.1 Å². The predicted molar refractivity (Wildman–Crippen MR) is 83.3 cm³/mol. The molecule has 0 radical (unpaired) electrons. The van der Waals surface area contributed by atoms with Crippen LogP contribution in [0.1, 0.15) is 30.3 Å². The van der Waals surface area contributed by atoms with Gasteiger partial charge < -0.3 is 10.1 Å². The highest BCUT2D eigenvalue weighted by molar-refractivity contribution is 7.99. The molecule has 0 aliphatic carbocycles. The molecule has 122 valence electrons. The van der Waals surface area contributed by atoms with Gasteiger partial charge in [-0.2, -0.15) is 0 Å². The zero-order chi connectivity index (χ0) is 16.1. The van der Waals surface area contributed by atoms with E-state index in [-0.39, 0.29) is 23.6 Å². The molecular weight excluding hydrogens is 319 g/mol. The summed E-state index contributed by atoms with van der Waals surface area (Å²) in [4.78, 5) is 16.2. The lowest BCUT2D eigenvalue weighted by atomic mass is 10.2. The van der Waals surface area contributed by atoms with E-state index in [4.69, 9.17) is 4.74 Å². The van der Waals surface area contributed by atoms with Gasteiger partial charge in [0, 0.05) is 13.2 Å². The third kappa shape index (κ3) is 4.52. The zero-order valence-corrected chi connectivity index (χ0v) is 13.2. The van der Waals surface area contributed by atoms with Gasteiger partial charge in [-0.15, -0.1) is 5.10 Å². The van der Waals surface area contributed by atoms with E-state index in [0.29, 0.717) is 11.7 Å². The molecule has 2 aromatic rings. The Labute approximate surface area is 137 Å². The van der Waals surface area contributed by atoms with Crippen molar-refractivity contribution in [3.63, 3.8) is 0 Å². The number of ether oxygens (including phenoxy) is 1. The van der Waals surface area contributed by atoms with Crippen molar-refractivity contribution in [3.05, 3.63) is 41.5 Å². The Bertz CT molecular complexity index is 656. The molecule has 1 aliphatic heterocycles. The van der Waals surface area contributed by atoms with E-state index in [2.05, 4.69) is 20.5 Å². The van der Waals surface area contributed by atoms with Crippen molar-refractivity contribution in [2.24, 2.45) is 0 Å². The molecule has 0 saturated carbocycles. The number of thioether (sulfide) groups is 1. The molecule has 8 heteroatoms. The Morgan fingerprint density at radius 2 is 2.26 bits per heavy atom. The Kier molecular flexibility index (Phi) is 5.24. The van der Waals surface area contributed by atoms with Crippen LogP contribution in [0.15, 0.2) is 29.4 Å². The molecule has 1 saturated heterocycles. The van der Waals surface area contributed by atoms with Crippen molar-refractivity contribution in [3.8, 4) is 0 Å². The topological polar surface area (TPSA) is 79.9 Å². The zero-order valence-electron chi connectivity index (χ0n) is 12.4. The van der Waals surface area contributed by atoms with E-state index in [0.717, 1.165) is 30.8 Å². The van der Waals surface area contributed by atoms with Gasteiger partial charge in [-0.25, -0.2) is 9.37 Å². The number of H-pyrrole nitrogens is 1. The smallest absolute Gasteiger partial charge is 0.230 e. The van der Waals surface area contributed by atoms with Gasteiger partial charge in [-0.1, -0.05) is 23.9 Å². The Hall–Kier alpha value is -1.93. The number of benzene rings is 1. The summed E-state index contributed by atoms with van der Waals surface area (Å²) in [6, 6.07) is 6.03. The molecule has 1 fully saturated rings. The second-order valence-corrected chi connectivity index (χ2v) is 6.14. The minimum atomic E-state index is -0.290. The summed E-state index contributed by atoms with van der Waals surface area (Å²) in [6.07, 6.45) is 1.96. The number of halogens is 1. The van der Waals surface area contributed by atoms with Crippen molar-refractivity contribution in [1.29, 1.82) is 0 Å². The van der Waals surface area contributed by atoms with Crippen LogP contribution in [0.3, 0.4) is 0 Å². The number of aromatic amines is 1. The monoisotopic (exact) mass is 336 g/mol. The fourth-order valence-corrected chi connectivity index (χ4v) is 2.88. The average Bonchev–Trinajstić information content (AvgIpc) is 3.23. The van der Waals surface area contributed by atoms with Gasteiger partial charge in [0.25, 0.3) is 0 Å². The summed E-state index contributed by atoms with van der Waals surface area (Å²) < 4.78 is 18.3. The molecular formula is C15H17FN4O2S. The van der Waals surface area contributed by atoms with Crippen LogP contribution in [-0.4, -0.2) is 33.4 Å². The first-order chi connectivity index (χ1) is 11.2. The van der Waals surface area contributed by atoms with Gasteiger partial charge in [0.1, 0.15) is 11.9 Å². The van der Waals surface area contributed by atoms with E-state index < -0.39 is 0 Å². The van der Waals surface area contributed by atoms with Crippen LogP contribution < -0.4 is 5.32 Å². The first-order valence-electron chi connectivity index (χ1n) is 7.38. The summed E-state index contributed by atoms with van der Waals surface area (Å²) in [5.41, 5.74) is 0.850. The van der Waals surface area contributed by atoms with Crippen molar-refractivity contribution < 1.29 is 13.9 Å². The maximum absolute atomic E-state index is 12.8. The van der Waals surface area contributed by atoms with Gasteiger partial charge in [-0.05, 0) is 30.5 Å². The number of amides is 1. The van der Waals surface area contributed by atoms with Gasteiger partial charge >= 0.3 is 0 Å². The largest absolute Gasteiger partial charge is 0.370 e. The summed E-state index contributed by atoms with van der Waals surface area (Å²) in [6.45, 7) is 1.12. The Balaban J connectivity index is 1.42. The fourth-order valence-electron chi connectivity index (χ4n) is 2.24. The molecule has 0 unspecified atom stereocenters. The Morgan fingerprint density at radius 3 is 3.00 bits per heavy atom. The minimum Gasteiger partial charge on any atom is -0.370 e. The molecule has 2 N–H and O–H groups in total. The van der Waals surface area contributed by atoms with Crippen molar-refractivity contribution in [1.82, 2.24) is 20.5 Å². The highest BCUT2D eigenvalue weighted by Crippen LogP contribution is 2.26. The maximum Gasteiger partial charge on any atom is 0.230 e. The number of aromatic nitrogens is 3. The van der Waals surface area contributed by atoms with Crippen LogP contribution in [0.25, 0.3) is 0 Å². The van der Waals surface area contributed by atoms with Crippen LogP contribution in [0.4, 0.5) is 4.39 Å². The van der Waals surface area contributed by atoms with Crippen molar-refractivity contribution in [2.45, 2.75) is 30.6 Å². The van der Waals surface area contributed by atoms with Crippen LogP contribution >= 0.6 is 11.8 Å². The number of rotatable bonds is 6. The lowest BCUT2D eigenvalue weighted by molar-refractivity contribution is -0.118. The number of hydrogen-bond acceptors (Lipinski definition) is 5. The lowest BCUT2D eigenvalue weighted by Crippen LogP contribution is -2.24. The first kappa shape index (κ1) is 15.9. The van der Waals surface area contributed by atoms with E-state index in [1.165, 1.54) is 23.9 Å². The normalized spacial score (nSPS) is 17.3. The third-order valence-corrected chi connectivity index (χ3v) is 4.30. The van der Waals surface area contributed by atoms with E-state index in [9.17, 15) is 9.18 Å². The second-order valence-electron chi connectivity index (χ2n) is 5.20. The molecule has 3 rings (SSSR count). The van der Waals surface area contributed by atoms with E-state index in [1.807, 2.05) is 0 Å². The van der Waals surface area contributed by atoms with Crippen LogP contribution in [-0.2, 0) is 16.1 Å². The molecule has 0 spiro atoms. The standard InChI is InChI=1S/C15H17FN4O2S/c16-11-5-3-10(4-6-11)8-17-13(21)9-23-15-18-14(19-20-15)12-2-1-7-22-12/h3-6,12H,1-2,7-9H2,(H,17,21)(H,18,19,20)/t12-/m1/s1. The molecule has 6 nitrogen and oxygen atoms in total. The summed E-state index contributed by atoms with van der Waals surface area (Å²) in [5, 5.41) is 10.3. The number of carbonyl (C=O) groups is 1. The molecule has 0 bridgehead atoms. The van der Waals surface area contributed by atoms with E-state index >= 15 is 0 Å². The second kappa shape index (κ2) is 7.56. The highest BCUT2D eigenvalue weighted by atomic mass is 32.2. The third-order valence-electron chi connectivity index (χ3n) is 3.45. The fraction of sp³-hybridized carbons (Fsp3) is 0.400. The van der Waals surface area contributed by atoms with Crippen LogP contribution in [0.2, 0.25) is 0 Å². The highest BCUT2D eigenvalue weighted by Gasteiger charge is 2.21. The summed E-state index contributed by atoms with van der Waals surface area (Å²) in [5.74, 6) is 0.533. The minimum absolute atomic E-state index is 0.0100. The van der Waals surface area contributed by atoms with Gasteiger partial charge in [0.15, 0.2) is 5.82 Å². The van der Waals surface area contributed by atoms with Gasteiger partial charge in [-0.3, -0.25) is 9.89 Å². The van der Waals surface area contributed by atoms with Crippen LogP contribution in [0, 0.1) is 5.82 Å². The van der Waals surface area contributed by atoms with Crippen molar-refractivity contribution in [2.75, 3.05) is 12.4 Å². The number of carbonyl (C=O) groups excluding carboxylic acids is 1. The maximum atomic E-state index is 12.8. The molecule has 1 atom stereocenters. The molecule has 2 heterocycles. The number of nitrogens with zero attached hydrogens (tertiary/aromatic N) is 2. The number of nitrogens with one attached hydrogen (secondary N) is 2. The average molecular weight is 336 g/mol. The lowest BCUT2D eigenvalue weighted by Gasteiger charge is -2.04.